The number of nitrogens with zero attached hydrogens (tertiary/aromatic N) is 8. The van der Waals surface area contributed by atoms with E-state index in [1.54, 1.807) is 21.4 Å². The van der Waals surface area contributed by atoms with Crippen LogP contribution in [0.25, 0.3) is 16.9 Å². The Morgan fingerprint density at radius 2 is 2.00 bits per heavy atom. The predicted octanol–water partition coefficient (Wildman–Crippen LogP) is 4.07. The highest BCUT2D eigenvalue weighted by molar-refractivity contribution is 6.47. The Hall–Kier alpha value is -5.16. The first-order valence-corrected chi connectivity index (χ1v) is 12.6. The topological polar surface area (TPSA) is 154 Å². The fourth-order valence-electron chi connectivity index (χ4n) is 4.87. The molecular weight excluding hydrogens is 494 g/mol. The molecule has 4 aromatic rings. The van der Waals surface area contributed by atoms with E-state index in [0.717, 1.165) is 24.0 Å². The molecule has 0 aliphatic carbocycles. The van der Waals surface area contributed by atoms with E-state index in [2.05, 4.69) is 27.5 Å². The Balaban J connectivity index is 1.50. The van der Waals surface area contributed by atoms with Gasteiger partial charge in [-0.3, -0.25) is 9.39 Å². The quantitative estimate of drug-likeness (QED) is 0.165. The van der Waals surface area contributed by atoms with Gasteiger partial charge in [0, 0.05) is 41.9 Å². The van der Waals surface area contributed by atoms with Crippen LogP contribution in [-0.2, 0) is 0 Å². The van der Waals surface area contributed by atoms with Crippen molar-refractivity contribution >= 4 is 17.1 Å². The third kappa shape index (κ3) is 5.15. The number of pyridine rings is 1. The van der Waals surface area contributed by atoms with Crippen LogP contribution in [0.5, 0.6) is 5.88 Å². The minimum Gasteiger partial charge on any atom is -0.471 e. The van der Waals surface area contributed by atoms with Gasteiger partial charge in [0.1, 0.15) is 41.2 Å². The van der Waals surface area contributed by atoms with Crippen molar-refractivity contribution in [3.05, 3.63) is 71.7 Å². The van der Waals surface area contributed by atoms with Crippen LogP contribution in [-0.4, -0.2) is 50.0 Å². The summed E-state index contributed by atoms with van der Waals surface area (Å²) in [5.74, 6) is 6.28. The van der Waals surface area contributed by atoms with Gasteiger partial charge in [-0.1, -0.05) is 29.4 Å². The molecule has 0 amide bonds. The maximum Gasteiger partial charge on any atom is 0.201 e. The second kappa shape index (κ2) is 11.1. The number of hydrogen-bond acceptors (Lipinski definition) is 10. The maximum atomic E-state index is 9.73. The largest absolute Gasteiger partial charge is 0.471 e. The number of ether oxygens (including phenoxy) is 1. The predicted molar refractivity (Wildman–Crippen MR) is 145 cm³/mol. The van der Waals surface area contributed by atoms with E-state index < -0.39 is 6.10 Å². The Labute approximate surface area is 225 Å². The van der Waals surface area contributed by atoms with Crippen LogP contribution in [0.2, 0.25) is 0 Å². The third-order valence-electron chi connectivity index (χ3n) is 6.83. The number of likely N-dealkylation sites (tertiary alicyclic amines) is 1. The highest BCUT2D eigenvalue weighted by Gasteiger charge is 2.22. The number of fused-ring (bicyclic) bond motifs is 1. The lowest BCUT2D eigenvalue weighted by Gasteiger charge is -2.26. The summed E-state index contributed by atoms with van der Waals surface area (Å²) in [6.07, 6.45) is 6.37. The fourth-order valence-corrected chi connectivity index (χ4v) is 4.87. The molecule has 1 aliphatic heterocycles. The van der Waals surface area contributed by atoms with Crippen LogP contribution in [0, 0.1) is 22.8 Å². The van der Waals surface area contributed by atoms with Gasteiger partial charge in [-0.25, -0.2) is 4.98 Å². The van der Waals surface area contributed by atoms with Crippen LogP contribution < -0.4 is 10.6 Å². The van der Waals surface area contributed by atoms with E-state index in [1.165, 1.54) is 12.5 Å². The van der Waals surface area contributed by atoms with Crippen molar-refractivity contribution in [3.63, 3.8) is 0 Å². The average Bonchev–Trinajstić information content (AvgIpc) is 3.64. The molecular formula is C28H27N9O2. The summed E-state index contributed by atoms with van der Waals surface area (Å²) in [6, 6.07) is 15.4. The van der Waals surface area contributed by atoms with Crippen molar-refractivity contribution in [3.8, 4) is 29.4 Å². The number of hydrogen-bond donors (Lipinski definition) is 1. The zero-order valence-corrected chi connectivity index (χ0v) is 21.7. The summed E-state index contributed by atoms with van der Waals surface area (Å²) in [6.45, 7) is 5.15. The third-order valence-corrected chi connectivity index (χ3v) is 6.83. The van der Waals surface area contributed by atoms with Gasteiger partial charge in [-0.15, -0.1) is 0 Å². The lowest BCUT2D eigenvalue weighted by molar-refractivity contribution is 0.215. The SMILES string of the molecule is CC(=NC1CCN(C#N)CC1)/C(=N\N)c1cc(OC(C)c2ccccc2-c2ccon2)n2c(C#N)cnc2c1. The number of nitrogens with two attached hydrogens (primary N) is 1. The van der Waals surface area contributed by atoms with Crippen LogP contribution >= 0.6 is 0 Å². The van der Waals surface area contributed by atoms with E-state index in [-0.39, 0.29) is 6.04 Å². The molecule has 3 aromatic heterocycles. The Bertz CT molecular complexity index is 1610. The Kier molecular flexibility index (Phi) is 7.23. The molecule has 1 saturated heterocycles. The van der Waals surface area contributed by atoms with E-state index >= 15 is 0 Å². The van der Waals surface area contributed by atoms with Crippen molar-refractivity contribution in [1.82, 2.24) is 19.4 Å². The molecule has 0 radical (unpaired) electrons. The van der Waals surface area contributed by atoms with Gasteiger partial charge in [-0.2, -0.15) is 15.6 Å². The van der Waals surface area contributed by atoms with E-state index in [0.29, 0.717) is 53.0 Å². The van der Waals surface area contributed by atoms with Crippen LogP contribution in [0.4, 0.5) is 0 Å². The lowest BCUT2D eigenvalue weighted by Crippen LogP contribution is -2.32. The number of aliphatic imine (C=N–C) groups is 1. The van der Waals surface area contributed by atoms with Gasteiger partial charge >= 0.3 is 0 Å². The van der Waals surface area contributed by atoms with E-state index in [9.17, 15) is 5.26 Å². The monoisotopic (exact) mass is 521 g/mol. The van der Waals surface area contributed by atoms with Crippen molar-refractivity contribution in [2.75, 3.05) is 13.1 Å². The van der Waals surface area contributed by atoms with Gasteiger partial charge < -0.3 is 20.0 Å². The molecule has 4 heterocycles. The molecule has 1 fully saturated rings. The highest BCUT2D eigenvalue weighted by atomic mass is 16.5. The number of rotatable bonds is 7. The first-order valence-electron chi connectivity index (χ1n) is 12.6. The molecule has 1 atom stereocenters. The number of hydrazone groups is 1. The molecule has 1 aromatic carbocycles. The van der Waals surface area contributed by atoms with Gasteiger partial charge in [0.15, 0.2) is 6.19 Å². The zero-order chi connectivity index (χ0) is 27.4. The van der Waals surface area contributed by atoms with Crippen molar-refractivity contribution in [2.45, 2.75) is 38.8 Å². The molecule has 11 heteroatoms. The molecule has 1 unspecified atom stereocenters. The van der Waals surface area contributed by atoms with Crippen molar-refractivity contribution in [2.24, 2.45) is 15.9 Å². The molecule has 1 aliphatic rings. The summed E-state index contributed by atoms with van der Waals surface area (Å²) < 4.78 is 13.2. The van der Waals surface area contributed by atoms with E-state index in [1.807, 2.05) is 44.2 Å². The first kappa shape index (κ1) is 25.5. The smallest absolute Gasteiger partial charge is 0.201 e. The summed E-state index contributed by atoms with van der Waals surface area (Å²) in [7, 11) is 0. The molecule has 0 saturated carbocycles. The van der Waals surface area contributed by atoms with Gasteiger partial charge in [0.05, 0.1) is 18.0 Å². The molecule has 11 nitrogen and oxygen atoms in total. The summed E-state index contributed by atoms with van der Waals surface area (Å²) >= 11 is 0. The average molecular weight is 522 g/mol. The molecule has 0 bridgehead atoms. The standard InChI is InChI=1S/C28H27N9O2/c1-18(33-21-7-10-36(17-30)11-8-21)28(34-31)20-13-26-32-16-22(15-29)37(26)27(14-20)39-19(2)23-5-3-4-6-24(23)25-9-12-38-35-25/h3-6,9,12-14,16,19,21H,7-8,10-11,31H2,1-2H3/b33-18?,34-28+. The summed E-state index contributed by atoms with van der Waals surface area (Å²) in [5, 5.41) is 27.0. The molecule has 2 N–H and O–H groups in total. The van der Waals surface area contributed by atoms with Crippen LogP contribution in [0.15, 0.2) is 69.5 Å². The Morgan fingerprint density at radius 1 is 1.21 bits per heavy atom. The molecule has 5 rings (SSSR count). The molecule has 196 valence electrons. The van der Waals surface area contributed by atoms with Gasteiger partial charge in [-0.05, 0) is 32.8 Å². The number of imidazole rings is 1. The minimum absolute atomic E-state index is 0.0791. The maximum absolute atomic E-state index is 9.73. The minimum atomic E-state index is -0.413. The number of aromatic nitrogens is 3. The number of nitriles is 2. The fraction of sp³-hybridized carbons (Fsp3) is 0.286. The number of benzene rings is 1. The lowest BCUT2D eigenvalue weighted by atomic mass is 10.0. The Morgan fingerprint density at radius 3 is 2.69 bits per heavy atom. The second-order valence-corrected chi connectivity index (χ2v) is 9.27. The van der Waals surface area contributed by atoms with Crippen LogP contribution in [0.3, 0.4) is 0 Å². The summed E-state index contributed by atoms with van der Waals surface area (Å²) in [4.78, 5) is 11.0. The van der Waals surface area contributed by atoms with Gasteiger partial charge in [0.25, 0.3) is 0 Å². The summed E-state index contributed by atoms with van der Waals surface area (Å²) in [5.41, 5.74) is 5.19. The zero-order valence-electron chi connectivity index (χ0n) is 21.7. The first-order chi connectivity index (χ1) is 19.0. The van der Waals surface area contributed by atoms with Crippen LogP contribution in [0.1, 0.15) is 49.6 Å². The molecule has 0 spiro atoms. The van der Waals surface area contributed by atoms with Gasteiger partial charge in [0.2, 0.25) is 5.88 Å². The highest BCUT2D eigenvalue weighted by Crippen LogP contribution is 2.31. The number of piperidine rings is 1. The second-order valence-electron chi connectivity index (χ2n) is 9.27. The molecule has 39 heavy (non-hydrogen) atoms. The van der Waals surface area contributed by atoms with E-state index in [4.69, 9.17) is 25.4 Å². The van der Waals surface area contributed by atoms with Crippen molar-refractivity contribution in [1.29, 1.82) is 10.5 Å². The van der Waals surface area contributed by atoms with Crippen molar-refractivity contribution < 1.29 is 9.26 Å². The normalized spacial score (nSPS) is 15.6.